The van der Waals surface area contributed by atoms with E-state index in [2.05, 4.69) is 34.7 Å². The molecule has 1 aromatic carbocycles. The standard InChI is InChI=1S/C15H19ClN2/c1-17-14(11-18-7-3-2-4-8-18)9-12-5-6-13(16)10-15(12)17/h5-6,9-10H,2-4,7-8,11H2,1H3. The van der Waals surface area contributed by atoms with E-state index < -0.39 is 0 Å². The normalized spacial score (nSPS) is 17.4. The number of nitrogens with zero attached hydrogens (tertiary/aromatic N) is 2. The summed E-state index contributed by atoms with van der Waals surface area (Å²) < 4.78 is 2.27. The zero-order chi connectivity index (χ0) is 12.5. The van der Waals surface area contributed by atoms with Crippen LogP contribution in [0.2, 0.25) is 5.02 Å². The molecule has 96 valence electrons. The lowest BCUT2D eigenvalue weighted by Crippen LogP contribution is -2.29. The Labute approximate surface area is 113 Å². The van der Waals surface area contributed by atoms with E-state index in [0.29, 0.717) is 0 Å². The van der Waals surface area contributed by atoms with Crippen molar-refractivity contribution in [3.05, 3.63) is 35.0 Å². The molecular formula is C15H19ClN2. The predicted molar refractivity (Wildman–Crippen MR) is 77.1 cm³/mol. The summed E-state index contributed by atoms with van der Waals surface area (Å²) in [6, 6.07) is 8.42. The van der Waals surface area contributed by atoms with Crippen molar-refractivity contribution < 1.29 is 0 Å². The molecule has 0 bridgehead atoms. The average molecular weight is 263 g/mol. The highest BCUT2D eigenvalue weighted by molar-refractivity contribution is 6.31. The maximum Gasteiger partial charge on any atom is 0.0495 e. The van der Waals surface area contributed by atoms with Gasteiger partial charge in [0.05, 0.1) is 0 Å². The number of aromatic nitrogens is 1. The van der Waals surface area contributed by atoms with Crippen LogP contribution in [0.3, 0.4) is 0 Å². The Morgan fingerprint density at radius 3 is 2.67 bits per heavy atom. The maximum atomic E-state index is 6.07. The smallest absolute Gasteiger partial charge is 0.0495 e. The summed E-state index contributed by atoms with van der Waals surface area (Å²) in [6.45, 7) is 3.54. The minimum Gasteiger partial charge on any atom is -0.346 e. The van der Waals surface area contributed by atoms with Gasteiger partial charge in [-0.3, -0.25) is 4.90 Å². The zero-order valence-electron chi connectivity index (χ0n) is 10.8. The van der Waals surface area contributed by atoms with Gasteiger partial charge in [-0.1, -0.05) is 24.1 Å². The molecule has 1 aliphatic heterocycles. The van der Waals surface area contributed by atoms with E-state index in [1.54, 1.807) is 0 Å². The molecule has 0 atom stereocenters. The summed E-state index contributed by atoms with van der Waals surface area (Å²) in [5.74, 6) is 0. The Morgan fingerprint density at radius 2 is 1.89 bits per heavy atom. The molecule has 18 heavy (non-hydrogen) atoms. The second-order valence-corrected chi connectivity index (χ2v) is 5.67. The Morgan fingerprint density at radius 1 is 1.11 bits per heavy atom. The number of hydrogen-bond donors (Lipinski definition) is 0. The molecule has 0 unspecified atom stereocenters. The second-order valence-electron chi connectivity index (χ2n) is 5.23. The topological polar surface area (TPSA) is 8.17 Å². The Bertz CT molecular complexity index is 553. The molecule has 0 radical (unpaired) electrons. The maximum absolute atomic E-state index is 6.07. The van der Waals surface area contributed by atoms with Crippen LogP contribution in [0.25, 0.3) is 10.9 Å². The Kier molecular flexibility index (Phi) is 3.31. The van der Waals surface area contributed by atoms with Crippen LogP contribution in [0.4, 0.5) is 0 Å². The lowest BCUT2D eigenvalue weighted by Gasteiger charge is -2.26. The van der Waals surface area contributed by atoms with Crippen LogP contribution in [-0.2, 0) is 13.6 Å². The van der Waals surface area contributed by atoms with E-state index >= 15 is 0 Å². The SMILES string of the molecule is Cn1c(CN2CCCCC2)cc2ccc(Cl)cc21. The molecule has 0 spiro atoms. The van der Waals surface area contributed by atoms with E-state index in [9.17, 15) is 0 Å². The van der Waals surface area contributed by atoms with Crippen molar-refractivity contribution in [1.29, 1.82) is 0 Å². The van der Waals surface area contributed by atoms with Crippen LogP contribution in [0.1, 0.15) is 25.0 Å². The van der Waals surface area contributed by atoms with Gasteiger partial charge in [0, 0.05) is 29.8 Å². The van der Waals surface area contributed by atoms with Gasteiger partial charge in [0.25, 0.3) is 0 Å². The molecule has 2 heterocycles. The fourth-order valence-electron chi connectivity index (χ4n) is 2.86. The summed E-state index contributed by atoms with van der Waals surface area (Å²) in [4.78, 5) is 2.55. The molecule has 1 fully saturated rings. The number of rotatable bonds is 2. The molecule has 3 heteroatoms. The van der Waals surface area contributed by atoms with E-state index in [1.165, 1.54) is 48.9 Å². The number of likely N-dealkylation sites (tertiary alicyclic amines) is 1. The molecule has 0 amide bonds. The van der Waals surface area contributed by atoms with Crippen molar-refractivity contribution in [2.24, 2.45) is 7.05 Å². The van der Waals surface area contributed by atoms with E-state index in [1.807, 2.05) is 6.07 Å². The minimum absolute atomic E-state index is 0.813. The van der Waals surface area contributed by atoms with Crippen LogP contribution in [-0.4, -0.2) is 22.6 Å². The van der Waals surface area contributed by atoms with Crippen LogP contribution in [0.5, 0.6) is 0 Å². The summed E-state index contributed by atoms with van der Waals surface area (Å²) in [6.07, 6.45) is 4.08. The van der Waals surface area contributed by atoms with Crippen LogP contribution in [0.15, 0.2) is 24.3 Å². The number of hydrogen-bond acceptors (Lipinski definition) is 1. The van der Waals surface area contributed by atoms with E-state index in [0.717, 1.165) is 11.6 Å². The molecule has 0 saturated carbocycles. The molecule has 1 saturated heterocycles. The highest BCUT2D eigenvalue weighted by atomic mass is 35.5. The van der Waals surface area contributed by atoms with Gasteiger partial charge in [0.2, 0.25) is 0 Å². The van der Waals surface area contributed by atoms with Gasteiger partial charge < -0.3 is 4.57 Å². The number of halogens is 1. The monoisotopic (exact) mass is 262 g/mol. The largest absolute Gasteiger partial charge is 0.346 e. The van der Waals surface area contributed by atoms with Crippen LogP contribution >= 0.6 is 11.6 Å². The van der Waals surface area contributed by atoms with E-state index in [-0.39, 0.29) is 0 Å². The molecule has 0 aliphatic carbocycles. The number of piperidine rings is 1. The van der Waals surface area contributed by atoms with Crippen LogP contribution in [0, 0.1) is 0 Å². The van der Waals surface area contributed by atoms with Gasteiger partial charge in [0.15, 0.2) is 0 Å². The highest BCUT2D eigenvalue weighted by Gasteiger charge is 2.13. The van der Waals surface area contributed by atoms with Gasteiger partial charge in [0.1, 0.15) is 0 Å². The third-order valence-corrected chi connectivity index (χ3v) is 4.18. The first-order valence-corrected chi connectivity index (χ1v) is 7.08. The molecule has 2 nitrogen and oxygen atoms in total. The quantitative estimate of drug-likeness (QED) is 0.799. The third-order valence-electron chi connectivity index (χ3n) is 3.94. The first-order valence-electron chi connectivity index (χ1n) is 6.70. The van der Waals surface area contributed by atoms with E-state index in [4.69, 9.17) is 11.6 Å². The Hall–Kier alpha value is -0.990. The van der Waals surface area contributed by atoms with Crippen molar-refractivity contribution >= 4 is 22.5 Å². The molecular weight excluding hydrogens is 244 g/mol. The number of fused-ring (bicyclic) bond motifs is 1. The van der Waals surface area contributed by atoms with Crippen molar-refractivity contribution in [3.63, 3.8) is 0 Å². The Balaban J connectivity index is 1.89. The summed E-state index contributed by atoms with van der Waals surface area (Å²) in [5, 5.41) is 2.10. The van der Waals surface area contributed by atoms with Gasteiger partial charge in [-0.15, -0.1) is 0 Å². The zero-order valence-corrected chi connectivity index (χ0v) is 11.6. The van der Waals surface area contributed by atoms with Gasteiger partial charge in [-0.2, -0.15) is 0 Å². The summed E-state index contributed by atoms with van der Waals surface area (Å²) in [5.41, 5.74) is 2.61. The lowest BCUT2D eigenvalue weighted by atomic mass is 10.1. The van der Waals surface area contributed by atoms with Crippen molar-refractivity contribution in [2.45, 2.75) is 25.8 Å². The van der Waals surface area contributed by atoms with Gasteiger partial charge in [-0.25, -0.2) is 0 Å². The van der Waals surface area contributed by atoms with Gasteiger partial charge >= 0.3 is 0 Å². The summed E-state index contributed by atoms with van der Waals surface area (Å²) >= 11 is 6.07. The van der Waals surface area contributed by atoms with Crippen molar-refractivity contribution in [3.8, 4) is 0 Å². The highest BCUT2D eigenvalue weighted by Crippen LogP contribution is 2.24. The molecule has 0 N–H and O–H groups in total. The first-order chi connectivity index (χ1) is 8.74. The minimum atomic E-state index is 0.813. The molecule has 1 aliphatic rings. The fourth-order valence-corrected chi connectivity index (χ4v) is 3.03. The first kappa shape index (κ1) is 12.1. The number of benzene rings is 1. The average Bonchev–Trinajstić information content (AvgIpc) is 2.68. The van der Waals surface area contributed by atoms with Gasteiger partial charge in [-0.05, 0) is 49.5 Å². The van der Waals surface area contributed by atoms with Crippen molar-refractivity contribution in [2.75, 3.05) is 13.1 Å². The third kappa shape index (κ3) is 2.27. The second kappa shape index (κ2) is 4.94. The molecule has 2 aromatic rings. The van der Waals surface area contributed by atoms with Crippen molar-refractivity contribution in [1.82, 2.24) is 9.47 Å². The molecule has 1 aromatic heterocycles. The number of aryl methyl sites for hydroxylation is 1. The van der Waals surface area contributed by atoms with Crippen LogP contribution < -0.4 is 0 Å². The molecule has 3 rings (SSSR count). The fraction of sp³-hybridized carbons (Fsp3) is 0.467. The predicted octanol–water partition coefficient (Wildman–Crippen LogP) is 3.82. The lowest BCUT2D eigenvalue weighted by molar-refractivity contribution is 0.217. The summed E-state index contributed by atoms with van der Waals surface area (Å²) in [7, 11) is 2.14.